The fourth-order valence-electron chi connectivity index (χ4n) is 3.61. The minimum absolute atomic E-state index is 0.0131. The summed E-state index contributed by atoms with van der Waals surface area (Å²) in [4.78, 5) is 4.54. The molecule has 6 nitrogen and oxygen atoms in total. The maximum atomic E-state index is 12.6. The Balaban J connectivity index is 1.74. The zero-order valence-corrected chi connectivity index (χ0v) is 16.1. The van der Waals surface area contributed by atoms with E-state index in [0.29, 0.717) is 11.7 Å². The molecule has 7 heteroatoms. The Morgan fingerprint density at radius 1 is 1.15 bits per heavy atom. The first kappa shape index (κ1) is 19.1. The fourth-order valence-corrected chi connectivity index (χ4v) is 4.77. The van der Waals surface area contributed by atoms with Gasteiger partial charge in [0.1, 0.15) is 11.5 Å². The van der Waals surface area contributed by atoms with E-state index >= 15 is 0 Å². The van der Waals surface area contributed by atoms with Crippen molar-refractivity contribution in [1.82, 2.24) is 9.71 Å². The number of benzene rings is 1. The predicted octanol–water partition coefficient (Wildman–Crippen LogP) is 3.18. The van der Waals surface area contributed by atoms with E-state index < -0.39 is 10.0 Å². The van der Waals surface area contributed by atoms with E-state index in [9.17, 15) is 13.5 Å². The van der Waals surface area contributed by atoms with Crippen molar-refractivity contribution in [2.75, 3.05) is 13.2 Å². The molecule has 1 heterocycles. The van der Waals surface area contributed by atoms with Gasteiger partial charge in [0.05, 0.1) is 4.90 Å². The van der Waals surface area contributed by atoms with Gasteiger partial charge in [-0.1, -0.05) is 31.4 Å². The Morgan fingerprint density at radius 2 is 1.81 bits per heavy atom. The molecule has 0 bridgehead atoms. The van der Waals surface area contributed by atoms with Crippen molar-refractivity contribution in [3.63, 3.8) is 0 Å². The molecule has 0 unspecified atom stereocenters. The molecule has 1 fully saturated rings. The highest BCUT2D eigenvalue weighted by Crippen LogP contribution is 2.35. The molecule has 1 aromatic heterocycles. The predicted molar refractivity (Wildman–Crippen MR) is 99.2 cm³/mol. The van der Waals surface area contributed by atoms with Crippen LogP contribution in [-0.2, 0) is 10.0 Å². The van der Waals surface area contributed by atoms with Crippen LogP contribution in [0.4, 0.5) is 0 Å². The van der Waals surface area contributed by atoms with Crippen LogP contribution in [0.15, 0.2) is 33.6 Å². The number of rotatable bonds is 6. The van der Waals surface area contributed by atoms with Crippen molar-refractivity contribution in [3.05, 3.63) is 35.9 Å². The van der Waals surface area contributed by atoms with Crippen LogP contribution in [0.25, 0.3) is 11.3 Å². The van der Waals surface area contributed by atoms with Crippen molar-refractivity contribution < 1.29 is 17.9 Å². The lowest BCUT2D eigenvalue weighted by molar-refractivity contribution is 0.0867. The number of oxazole rings is 1. The Hall–Kier alpha value is -1.70. The third kappa shape index (κ3) is 4.00. The van der Waals surface area contributed by atoms with Crippen LogP contribution >= 0.6 is 0 Å². The molecule has 3 rings (SSSR count). The normalized spacial score (nSPS) is 17.3. The van der Waals surface area contributed by atoms with Gasteiger partial charge < -0.3 is 9.52 Å². The Morgan fingerprint density at radius 3 is 2.35 bits per heavy atom. The van der Waals surface area contributed by atoms with Crippen molar-refractivity contribution >= 4 is 10.0 Å². The van der Waals surface area contributed by atoms with E-state index in [2.05, 4.69) is 9.71 Å². The van der Waals surface area contributed by atoms with Gasteiger partial charge in [0.2, 0.25) is 10.0 Å². The highest BCUT2D eigenvalue weighted by atomic mass is 32.2. The average molecular weight is 378 g/mol. The molecule has 1 saturated carbocycles. The second-order valence-electron chi connectivity index (χ2n) is 7.21. The number of nitrogens with zero attached hydrogens (tertiary/aromatic N) is 1. The van der Waals surface area contributed by atoms with Crippen LogP contribution in [0, 0.1) is 19.3 Å². The largest absolute Gasteiger partial charge is 0.446 e. The number of sulfonamides is 1. The maximum absolute atomic E-state index is 12.6. The van der Waals surface area contributed by atoms with Gasteiger partial charge in [0.25, 0.3) is 0 Å². The molecular weight excluding hydrogens is 352 g/mol. The zero-order valence-electron chi connectivity index (χ0n) is 15.3. The van der Waals surface area contributed by atoms with Crippen LogP contribution in [0.1, 0.15) is 43.8 Å². The number of nitrogens with one attached hydrogen (secondary N) is 1. The standard InChI is InChI=1S/C19H26N2O4S/c1-14-18(21-15(2)25-14)16-6-8-17(9-7-16)26(23,24)20-12-19(13-22)10-4-3-5-11-19/h6-9,20,22H,3-5,10-13H2,1-2H3. The molecule has 2 aromatic rings. The number of hydrogen-bond acceptors (Lipinski definition) is 5. The van der Waals surface area contributed by atoms with Crippen molar-refractivity contribution in [2.45, 2.75) is 50.8 Å². The minimum atomic E-state index is -3.62. The molecule has 142 valence electrons. The van der Waals surface area contributed by atoms with E-state index in [1.165, 1.54) is 0 Å². The molecular formula is C19H26N2O4S. The summed E-state index contributed by atoms with van der Waals surface area (Å²) in [6.45, 7) is 3.90. The molecule has 0 amide bonds. The van der Waals surface area contributed by atoms with Gasteiger partial charge in [-0.05, 0) is 31.9 Å². The summed E-state index contributed by atoms with van der Waals surface area (Å²) < 4.78 is 33.4. The third-order valence-electron chi connectivity index (χ3n) is 5.23. The molecule has 26 heavy (non-hydrogen) atoms. The average Bonchev–Trinajstić information content (AvgIpc) is 2.99. The van der Waals surface area contributed by atoms with Gasteiger partial charge in [-0.15, -0.1) is 0 Å². The molecule has 2 N–H and O–H groups in total. The van der Waals surface area contributed by atoms with E-state index in [4.69, 9.17) is 4.42 Å². The maximum Gasteiger partial charge on any atom is 0.240 e. The first-order valence-electron chi connectivity index (χ1n) is 9.00. The second kappa shape index (κ2) is 7.50. The van der Waals surface area contributed by atoms with E-state index in [1.807, 2.05) is 6.92 Å². The van der Waals surface area contributed by atoms with Crippen LogP contribution in [0.2, 0.25) is 0 Å². The lowest BCUT2D eigenvalue weighted by Gasteiger charge is -2.35. The van der Waals surface area contributed by atoms with Gasteiger partial charge in [0.15, 0.2) is 5.89 Å². The van der Waals surface area contributed by atoms with Crippen molar-refractivity contribution in [3.8, 4) is 11.3 Å². The number of aliphatic hydroxyl groups excluding tert-OH is 1. The topological polar surface area (TPSA) is 92.4 Å². The van der Waals surface area contributed by atoms with E-state index in [0.717, 1.165) is 43.4 Å². The summed E-state index contributed by atoms with van der Waals surface area (Å²) in [6, 6.07) is 6.63. The fraction of sp³-hybridized carbons (Fsp3) is 0.526. The Kier molecular flexibility index (Phi) is 5.50. The summed E-state index contributed by atoms with van der Waals surface area (Å²) in [5.41, 5.74) is 1.21. The Bertz CT molecular complexity index is 850. The van der Waals surface area contributed by atoms with Crippen LogP contribution in [-0.4, -0.2) is 31.7 Å². The van der Waals surface area contributed by atoms with Crippen LogP contribution in [0.3, 0.4) is 0 Å². The van der Waals surface area contributed by atoms with Gasteiger partial charge in [-0.25, -0.2) is 18.1 Å². The highest BCUT2D eigenvalue weighted by molar-refractivity contribution is 7.89. The van der Waals surface area contributed by atoms with Gasteiger partial charge in [-0.2, -0.15) is 0 Å². The van der Waals surface area contributed by atoms with Crippen molar-refractivity contribution in [2.24, 2.45) is 5.41 Å². The lowest BCUT2D eigenvalue weighted by atomic mass is 9.75. The number of aliphatic hydroxyl groups is 1. The first-order valence-corrected chi connectivity index (χ1v) is 10.5. The van der Waals surface area contributed by atoms with Crippen LogP contribution < -0.4 is 4.72 Å². The third-order valence-corrected chi connectivity index (χ3v) is 6.65. The molecule has 1 aliphatic carbocycles. The summed E-state index contributed by atoms with van der Waals surface area (Å²) >= 11 is 0. The second-order valence-corrected chi connectivity index (χ2v) is 8.97. The molecule has 0 atom stereocenters. The molecule has 0 spiro atoms. The smallest absolute Gasteiger partial charge is 0.240 e. The first-order chi connectivity index (χ1) is 12.4. The van der Waals surface area contributed by atoms with Gasteiger partial charge in [0, 0.05) is 31.1 Å². The van der Waals surface area contributed by atoms with E-state index in [-0.39, 0.29) is 23.5 Å². The summed E-state index contributed by atoms with van der Waals surface area (Å²) in [5.74, 6) is 1.29. The van der Waals surface area contributed by atoms with Gasteiger partial charge in [-0.3, -0.25) is 0 Å². The summed E-state index contributed by atoms with van der Waals surface area (Å²) in [7, 11) is -3.62. The summed E-state index contributed by atoms with van der Waals surface area (Å²) in [5, 5.41) is 9.75. The summed E-state index contributed by atoms with van der Waals surface area (Å²) in [6.07, 6.45) is 4.93. The monoisotopic (exact) mass is 378 g/mol. The molecule has 1 aromatic carbocycles. The number of aromatic nitrogens is 1. The molecule has 1 aliphatic rings. The zero-order chi connectivity index (χ0) is 18.8. The highest BCUT2D eigenvalue weighted by Gasteiger charge is 2.32. The molecule has 0 aliphatic heterocycles. The quantitative estimate of drug-likeness (QED) is 0.805. The minimum Gasteiger partial charge on any atom is -0.446 e. The van der Waals surface area contributed by atoms with Gasteiger partial charge >= 0.3 is 0 Å². The molecule has 0 radical (unpaired) electrons. The van der Waals surface area contributed by atoms with Crippen LogP contribution in [0.5, 0.6) is 0 Å². The number of aryl methyl sites for hydroxylation is 2. The Labute approximate surface area is 154 Å². The lowest BCUT2D eigenvalue weighted by Crippen LogP contribution is -2.41. The number of hydrogen-bond donors (Lipinski definition) is 2. The molecule has 0 saturated heterocycles. The van der Waals surface area contributed by atoms with E-state index in [1.54, 1.807) is 31.2 Å². The SMILES string of the molecule is Cc1nc(-c2ccc(S(=O)(=O)NCC3(CO)CCCCC3)cc2)c(C)o1. The van der Waals surface area contributed by atoms with Crippen molar-refractivity contribution in [1.29, 1.82) is 0 Å².